The number of aromatic nitrogens is 1. The predicted octanol–water partition coefficient (Wildman–Crippen LogP) is 1.33. The molecule has 2 rings (SSSR count). The highest BCUT2D eigenvalue weighted by Gasteiger charge is 2.23. The molecule has 1 N–H and O–H groups in total. The topological polar surface area (TPSA) is 31.4 Å². The van der Waals surface area contributed by atoms with Crippen LogP contribution in [0.5, 0.6) is 0 Å². The second kappa shape index (κ2) is 6.16. The number of rotatable bonds is 4. The Bertz CT molecular complexity index is 380. The number of nitrogens with zero attached hydrogens (tertiary/aromatic N) is 3. The number of nitrogens with one attached hydrogen (secondary N) is 1. The minimum atomic E-state index is 0.527. The van der Waals surface area contributed by atoms with Gasteiger partial charge >= 0.3 is 0 Å². The van der Waals surface area contributed by atoms with E-state index in [1.165, 1.54) is 5.56 Å². The van der Waals surface area contributed by atoms with E-state index in [1.54, 1.807) is 0 Å². The number of piperazine rings is 1. The highest BCUT2D eigenvalue weighted by Crippen LogP contribution is 2.21. The summed E-state index contributed by atoms with van der Waals surface area (Å²) in [6.07, 6.45) is 1.90. The number of hydrogen-bond acceptors (Lipinski definition) is 4. The van der Waals surface area contributed by atoms with E-state index in [0.717, 1.165) is 38.5 Å². The van der Waals surface area contributed by atoms with Crippen molar-refractivity contribution in [2.45, 2.75) is 26.4 Å². The second-order valence-corrected chi connectivity index (χ2v) is 5.07. The summed E-state index contributed by atoms with van der Waals surface area (Å²) in [5, 5.41) is 3.39. The molecule has 0 bridgehead atoms. The lowest BCUT2D eigenvalue weighted by molar-refractivity contribution is 0.274. The van der Waals surface area contributed by atoms with E-state index in [-0.39, 0.29) is 0 Å². The lowest BCUT2D eigenvalue weighted by atomic mass is 10.1. The van der Waals surface area contributed by atoms with Crippen LogP contribution in [0.15, 0.2) is 18.3 Å². The third-order valence-corrected chi connectivity index (χ3v) is 3.54. The van der Waals surface area contributed by atoms with Gasteiger partial charge in [0.15, 0.2) is 0 Å². The molecule has 1 aliphatic rings. The molecule has 1 atom stereocenters. The third kappa shape index (κ3) is 3.00. The summed E-state index contributed by atoms with van der Waals surface area (Å²) in [4.78, 5) is 9.42. The van der Waals surface area contributed by atoms with Crippen molar-refractivity contribution < 1.29 is 0 Å². The molecule has 100 valence electrons. The van der Waals surface area contributed by atoms with Gasteiger partial charge in [-0.25, -0.2) is 4.98 Å². The number of likely N-dealkylation sites (N-methyl/N-ethyl adjacent to an activating group) is 1. The van der Waals surface area contributed by atoms with Crippen molar-refractivity contribution in [3.63, 3.8) is 0 Å². The molecule has 0 saturated carbocycles. The van der Waals surface area contributed by atoms with Gasteiger partial charge in [-0.15, -0.1) is 0 Å². The lowest BCUT2D eigenvalue weighted by Crippen LogP contribution is -2.51. The largest absolute Gasteiger partial charge is 0.351 e. The van der Waals surface area contributed by atoms with Crippen molar-refractivity contribution in [2.24, 2.45) is 0 Å². The molecule has 0 amide bonds. The Labute approximate surface area is 110 Å². The predicted molar refractivity (Wildman–Crippen MR) is 75.9 cm³/mol. The van der Waals surface area contributed by atoms with Gasteiger partial charge in [0.25, 0.3) is 0 Å². The summed E-state index contributed by atoms with van der Waals surface area (Å²) in [6.45, 7) is 9.59. The zero-order chi connectivity index (χ0) is 13.0. The first kappa shape index (κ1) is 13.3. The Morgan fingerprint density at radius 3 is 3.00 bits per heavy atom. The first-order valence-corrected chi connectivity index (χ1v) is 6.82. The molecule has 4 heteroatoms. The van der Waals surface area contributed by atoms with Gasteiger partial charge in [-0.05, 0) is 26.6 Å². The van der Waals surface area contributed by atoms with Crippen molar-refractivity contribution in [2.75, 3.05) is 38.1 Å². The van der Waals surface area contributed by atoms with Crippen molar-refractivity contribution in [1.29, 1.82) is 0 Å². The second-order valence-electron chi connectivity index (χ2n) is 5.07. The van der Waals surface area contributed by atoms with Crippen molar-refractivity contribution in [3.8, 4) is 0 Å². The Kier molecular flexibility index (Phi) is 4.55. The summed E-state index contributed by atoms with van der Waals surface area (Å²) in [6, 6.07) is 4.73. The van der Waals surface area contributed by atoms with Gasteiger partial charge in [0, 0.05) is 44.0 Å². The number of hydrogen-bond donors (Lipinski definition) is 1. The summed E-state index contributed by atoms with van der Waals surface area (Å²) < 4.78 is 0. The fourth-order valence-corrected chi connectivity index (χ4v) is 2.54. The molecule has 0 spiro atoms. The van der Waals surface area contributed by atoms with Gasteiger partial charge in [-0.1, -0.05) is 13.0 Å². The van der Waals surface area contributed by atoms with Gasteiger partial charge in [0.05, 0.1) is 0 Å². The number of anilines is 1. The molecule has 1 aliphatic heterocycles. The Morgan fingerprint density at radius 2 is 2.28 bits per heavy atom. The lowest BCUT2D eigenvalue weighted by Gasteiger charge is -2.39. The average molecular weight is 248 g/mol. The first-order valence-electron chi connectivity index (χ1n) is 6.82. The zero-order valence-corrected chi connectivity index (χ0v) is 11.7. The van der Waals surface area contributed by atoms with Gasteiger partial charge in [0.1, 0.15) is 5.82 Å². The molecule has 1 unspecified atom stereocenters. The maximum absolute atomic E-state index is 4.60. The van der Waals surface area contributed by atoms with Crippen LogP contribution in [0.1, 0.15) is 19.4 Å². The van der Waals surface area contributed by atoms with Gasteiger partial charge in [0.2, 0.25) is 0 Å². The molecule has 1 aromatic heterocycles. The normalized spacial score (nSPS) is 21.3. The van der Waals surface area contributed by atoms with E-state index in [4.69, 9.17) is 0 Å². The molecule has 0 aromatic carbocycles. The molecule has 4 nitrogen and oxygen atoms in total. The summed E-state index contributed by atoms with van der Waals surface area (Å²) >= 11 is 0. The van der Waals surface area contributed by atoms with Crippen LogP contribution >= 0.6 is 0 Å². The van der Waals surface area contributed by atoms with Crippen molar-refractivity contribution >= 4 is 5.82 Å². The Balaban J connectivity index is 2.16. The van der Waals surface area contributed by atoms with Gasteiger partial charge in [-0.3, -0.25) is 0 Å². The van der Waals surface area contributed by atoms with E-state index < -0.39 is 0 Å². The molecular weight excluding hydrogens is 224 g/mol. The minimum absolute atomic E-state index is 0.527. The van der Waals surface area contributed by atoms with E-state index in [1.807, 2.05) is 12.3 Å². The fourth-order valence-electron chi connectivity index (χ4n) is 2.54. The molecule has 1 aromatic rings. The first-order chi connectivity index (χ1) is 8.72. The molecule has 18 heavy (non-hydrogen) atoms. The summed E-state index contributed by atoms with van der Waals surface area (Å²) in [7, 11) is 2.19. The molecule has 0 radical (unpaired) electrons. The van der Waals surface area contributed by atoms with E-state index in [0.29, 0.717) is 6.04 Å². The monoisotopic (exact) mass is 248 g/mol. The molecule has 2 heterocycles. The van der Waals surface area contributed by atoms with E-state index >= 15 is 0 Å². The average Bonchev–Trinajstić information content (AvgIpc) is 2.37. The Morgan fingerprint density at radius 1 is 1.44 bits per heavy atom. The van der Waals surface area contributed by atoms with Gasteiger partial charge < -0.3 is 15.1 Å². The maximum Gasteiger partial charge on any atom is 0.133 e. The van der Waals surface area contributed by atoms with Crippen LogP contribution in [0.2, 0.25) is 0 Å². The van der Waals surface area contributed by atoms with Crippen LogP contribution in [0, 0.1) is 0 Å². The van der Waals surface area contributed by atoms with Crippen LogP contribution in [0.25, 0.3) is 0 Å². The fraction of sp³-hybridized carbons (Fsp3) is 0.643. The van der Waals surface area contributed by atoms with Crippen molar-refractivity contribution in [3.05, 3.63) is 23.9 Å². The van der Waals surface area contributed by atoms with Crippen LogP contribution < -0.4 is 10.2 Å². The standard InChI is InChI=1S/C14H24N4/c1-4-15-10-13-6-5-7-16-14(13)18-9-8-17(3)11-12(18)2/h5-7,12,15H,4,8-11H2,1-3H3. The smallest absolute Gasteiger partial charge is 0.133 e. The Hall–Kier alpha value is -1.13. The van der Waals surface area contributed by atoms with Gasteiger partial charge in [-0.2, -0.15) is 0 Å². The molecule has 1 saturated heterocycles. The van der Waals surface area contributed by atoms with Crippen LogP contribution in [-0.2, 0) is 6.54 Å². The highest BCUT2D eigenvalue weighted by atomic mass is 15.3. The molecule has 0 aliphatic carbocycles. The summed E-state index contributed by atoms with van der Waals surface area (Å²) in [5.41, 5.74) is 1.30. The highest BCUT2D eigenvalue weighted by molar-refractivity contribution is 5.48. The molecule has 1 fully saturated rings. The quantitative estimate of drug-likeness (QED) is 0.871. The SMILES string of the molecule is CCNCc1cccnc1N1CCN(C)CC1C. The summed E-state index contributed by atoms with van der Waals surface area (Å²) in [5.74, 6) is 1.15. The molecular formula is C14H24N4. The number of pyridine rings is 1. The van der Waals surface area contributed by atoms with Crippen LogP contribution in [-0.4, -0.2) is 49.2 Å². The van der Waals surface area contributed by atoms with E-state index in [2.05, 4.69) is 47.1 Å². The zero-order valence-electron chi connectivity index (χ0n) is 11.7. The van der Waals surface area contributed by atoms with Crippen LogP contribution in [0.3, 0.4) is 0 Å². The van der Waals surface area contributed by atoms with Crippen molar-refractivity contribution in [1.82, 2.24) is 15.2 Å². The van der Waals surface area contributed by atoms with E-state index in [9.17, 15) is 0 Å². The maximum atomic E-state index is 4.60. The minimum Gasteiger partial charge on any atom is -0.351 e. The van der Waals surface area contributed by atoms with Crippen LogP contribution in [0.4, 0.5) is 5.82 Å². The third-order valence-electron chi connectivity index (χ3n) is 3.54.